The average Bonchev–Trinajstić information content (AvgIpc) is 2.80. The molecule has 3 rings (SSSR count). The fourth-order valence-corrected chi connectivity index (χ4v) is 4.75. The molecule has 1 amide bonds. The lowest BCUT2D eigenvalue weighted by atomic mass is 10.2. The van der Waals surface area contributed by atoms with Crippen molar-refractivity contribution in [2.45, 2.75) is 11.4 Å². The van der Waals surface area contributed by atoms with Crippen LogP contribution in [0.15, 0.2) is 71.6 Å². The van der Waals surface area contributed by atoms with Crippen LogP contribution in [0.3, 0.4) is 0 Å². The van der Waals surface area contributed by atoms with Gasteiger partial charge >= 0.3 is 0 Å². The Balaban J connectivity index is 1.95. The Labute approximate surface area is 202 Å². The maximum absolute atomic E-state index is 14.5. The van der Waals surface area contributed by atoms with Crippen LogP contribution in [-0.4, -0.2) is 39.3 Å². The van der Waals surface area contributed by atoms with Crippen LogP contribution in [0.5, 0.6) is 5.75 Å². The first kappa shape index (κ1) is 25.0. The summed E-state index contributed by atoms with van der Waals surface area (Å²) < 4.78 is 47.2. The van der Waals surface area contributed by atoms with Crippen molar-refractivity contribution in [2.75, 3.05) is 25.6 Å². The van der Waals surface area contributed by atoms with E-state index in [1.807, 2.05) is 0 Å². The van der Waals surface area contributed by atoms with Gasteiger partial charge in [0.15, 0.2) is 0 Å². The maximum atomic E-state index is 14.5. The van der Waals surface area contributed by atoms with Gasteiger partial charge in [-0.05, 0) is 60.7 Å². The van der Waals surface area contributed by atoms with Gasteiger partial charge in [-0.25, -0.2) is 12.8 Å². The second-order valence-electron chi connectivity index (χ2n) is 7.08. The van der Waals surface area contributed by atoms with E-state index in [9.17, 15) is 17.6 Å². The van der Waals surface area contributed by atoms with Crippen molar-refractivity contribution in [1.82, 2.24) is 4.31 Å². The number of amides is 1. The molecule has 33 heavy (non-hydrogen) atoms. The number of likely N-dealkylation sites (N-methyl/N-ethyl adjacent to an activating group) is 1. The van der Waals surface area contributed by atoms with E-state index in [1.165, 1.54) is 61.5 Å². The maximum Gasteiger partial charge on any atom is 0.243 e. The molecule has 0 saturated carbocycles. The fraction of sp³-hybridized carbons (Fsp3) is 0.174. The molecule has 0 aromatic heterocycles. The summed E-state index contributed by atoms with van der Waals surface area (Å²) in [5.41, 5.74) is 0.505. The Morgan fingerprint density at radius 2 is 1.64 bits per heavy atom. The zero-order valence-electron chi connectivity index (χ0n) is 17.8. The van der Waals surface area contributed by atoms with Crippen molar-refractivity contribution >= 4 is 44.8 Å². The van der Waals surface area contributed by atoms with Gasteiger partial charge in [0.05, 0.1) is 18.6 Å². The van der Waals surface area contributed by atoms with Gasteiger partial charge < -0.3 is 9.64 Å². The van der Waals surface area contributed by atoms with E-state index in [0.717, 1.165) is 4.31 Å². The highest BCUT2D eigenvalue weighted by Gasteiger charge is 2.30. The molecule has 0 radical (unpaired) electrons. The van der Waals surface area contributed by atoms with Crippen molar-refractivity contribution in [3.8, 4) is 5.75 Å². The quantitative estimate of drug-likeness (QED) is 0.427. The van der Waals surface area contributed by atoms with E-state index in [-0.39, 0.29) is 15.5 Å². The molecule has 0 fully saturated rings. The van der Waals surface area contributed by atoms with Crippen molar-refractivity contribution in [2.24, 2.45) is 0 Å². The predicted octanol–water partition coefficient (Wildman–Crippen LogP) is 5.00. The molecule has 0 spiro atoms. The molecule has 3 aromatic carbocycles. The third kappa shape index (κ3) is 5.83. The van der Waals surface area contributed by atoms with Gasteiger partial charge in [0.2, 0.25) is 15.9 Å². The number of ether oxygens (including phenoxy) is 1. The first-order valence-electron chi connectivity index (χ1n) is 9.72. The van der Waals surface area contributed by atoms with Crippen LogP contribution in [0, 0.1) is 5.82 Å². The lowest BCUT2D eigenvalue weighted by molar-refractivity contribution is -0.118. The topological polar surface area (TPSA) is 66.9 Å². The second kappa shape index (κ2) is 10.5. The van der Waals surface area contributed by atoms with Gasteiger partial charge in [-0.3, -0.25) is 4.79 Å². The number of hydrogen-bond donors (Lipinski definition) is 0. The number of carbonyl (C=O) groups is 1. The number of halogens is 3. The molecular formula is C23H21Cl2FN2O4S. The number of nitrogens with zero attached hydrogens (tertiary/aromatic N) is 2. The van der Waals surface area contributed by atoms with E-state index in [0.29, 0.717) is 16.5 Å². The van der Waals surface area contributed by atoms with Crippen LogP contribution in [0.1, 0.15) is 5.56 Å². The number of benzene rings is 3. The first-order chi connectivity index (χ1) is 15.6. The van der Waals surface area contributed by atoms with Crippen LogP contribution in [0.25, 0.3) is 0 Å². The summed E-state index contributed by atoms with van der Waals surface area (Å²) in [6.07, 6.45) is 0. The normalized spacial score (nSPS) is 11.5. The highest BCUT2D eigenvalue weighted by molar-refractivity contribution is 7.89. The lowest BCUT2D eigenvalue weighted by Crippen LogP contribution is -2.41. The monoisotopic (exact) mass is 510 g/mol. The van der Waals surface area contributed by atoms with E-state index in [2.05, 4.69) is 0 Å². The molecule has 0 aliphatic heterocycles. The Bertz CT molecular complexity index is 1220. The van der Waals surface area contributed by atoms with Crippen molar-refractivity contribution in [3.63, 3.8) is 0 Å². The van der Waals surface area contributed by atoms with Gasteiger partial charge in [-0.15, -0.1) is 0 Å². The van der Waals surface area contributed by atoms with Crippen molar-refractivity contribution in [3.05, 3.63) is 88.2 Å². The molecule has 0 atom stereocenters. The van der Waals surface area contributed by atoms with Gasteiger partial charge in [-0.2, -0.15) is 4.31 Å². The molecule has 3 aromatic rings. The predicted molar refractivity (Wildman–Crippen MR) is 127 cm³/mol. The Morgan fingerprint density at radius 3 is 2.21 bits per heavy atom. The van der Waals surface area contributed by atoms with E-state index >= 15 is 0 Å². The van der Waals surface area contributed by atoms with E-state index < -0.39 is 34.8 Å². The Hall–Kier alpha value is -2.65. The summed E-state index contributed by atoms with van der Waals surface area (Å²) in [6, 6.07) is 16.3. The van der Waals surface area contributed by atoms with Crippen LogP contribution in [0.4, 0.5) is 10.1 Å². The lowest BCUT2D eigenvalue weighted by Gasteiger charge is -2.25. The summed E-state index contributed by atoms with van der Waals surface area (Å²) in [5.74, 6) is -0.583. The van der Waals surface area contributed by atoms with E-state index in [1.54, 1.807) is 24.3 Å². The fourth-order valence-electron chi connectivity index (χ4n) is 3.05. The zero-order chi connectivity index (χ0) is 24.2. The highest BCUT2D eigenvalue weighted by atomic mass is 35.5. The molecule has 10 heteroatoms. The smallest absolute Gasteiger partial charge is 0.243 e. The van der Waals surface area contributed by atoms with Crippen LogP contribution >= 0.6 is 23.2 Å². The molecule has 174 valence electrons. The minimum atomic E-state index is -4.19. The summed E-state index contributed by atoms with van der Waals surface area (Å²) >= 11 is 12.0. The molecule has 0 aliphatic rings. The minimum absolute atomic E-state index is 0.0309. The van der Waals surface area contributed by atoms with Gasteiger partial charge in [0, 0.05) is 34.9 Å². The molecule has 0 bridgehead atoms. The first-order valence-corrected chi connectivity index (χ1v) is 11.9. The number of carbonyl (C=O) groups excluding carboxylic acids is 1. The number of anilines is 1. The van der Waals surface area contributed by atoms with E-state index in [4.69, 9.17) is 27.9 Å². The number of sulfonamides is 1. The molecule has 0 unspecified atom stereocenters. The molecule has 0 N–H and O–H groups in total. The number of hydrogen-bond acceptors (Lipinski definition) is 4. The van der Waals surface area contributed by atoms with Gasteiger partial charge in [-0.1, -0.05) is 29.3 Å². The Kier molecular flexibility index (Phi) is 7.97. The molecule has 0 saturated heterocycles. The second-order valence-corrected chi connectivity index (χ2v) is 9.86. The third-order valence-electron chi connectivity index (χ3n) is 4.99. The average molecular weight is 511 g/mol. The largest absolute Gasteiger partial charge is 0.497 e. The SMILES string of the molecule is COc1ccc(N(C)C(=O)CN(Cc2c(F)cccc2Cl)S(=O)(=O)c2ccc(Cl)cc2)cc1. The summed E-state index contributed by atoms with van der Waals surface area (Å²) in [4.78, 5) is 14.3. The zero-order valence-corrected chi connectivity index (χ0v) is 20.2. The summed E-state index contributed by atoms with van der Waals surface area (Å²) in [5, 5.41) is 0.412. The van der Waals surface area contributed by atoms with Crippen LogP contribution in [-0.2, 0) is 21.4 Å². The van der Waals surface area contributed by atoms with Crippen molar-refractivity contribution < 1.29 is 22.3 Å². The summed E-state index contributed by atoms with van der Waals surface area (Å²) in [7, 11) is -1.14. The van der Waals surface area contributed by atoms with Crippen LogP contribution in [0.2, 0.25) is 10.0 Å². The molecule has 0 heterocycles. The summed E-state index contributed by atoms with van der Waals surface area (Å²) in [6.45, 7) is -0.975. The number of rotatable bonds is 8. The van der Waals surface area contributed by atoms with Gasteiger partial charge in [0.1, 0.15) is 11.6 Å². The molecule has 0 aliphatic carbocycles. The van der Waals surface area contributed by atoms with Crippen molar-refractivity contribution in [1.29, 1.82) is 0 Å². The molecular weight excluding hydrogens is 490 g/mol. The van der Waals surface area contributed by atoms with Crippen LogP contribution < -0.4 is 9.64 Å². The molecule has 6 nitrogen and oxygen atoms in total. The third-order valence-corrected chi connectivity index (χ3v) is 7.41. The Morgan fingerprint density at radius 1 is 1.00 bits per heavy atom. The van der Waals surface area contributed by atoms with Gasteiger partial charge in [0.25, 0.3) is 0 Å². The highest BCUT2D eigenvalue weighted by Crippen LogP contribution is 2.26. The number of methoxy groups -OCH3 is 1. The standard InChI is InChI=1S/C23H21Cl2FN2O4S/c1-27(17-8-10-18(32-2)11-9-17)23(29)15-28(14-20-21(25)4-3-5-22(20)26)33(30,31)19-12-6-16(24)7-13-19/h3-13H,14-15H2,1-2H3. The minimum Gasteiger partial charge on any atom is -0.497 e.